The molecule has 0 radical (unpaired) electrons. The smallest absolute Gasteiger partial charge is 0.239 e. The first-order valence-corrected chi connectivity index (χ1v) is 7.15. The lowest BCUT2D eigenvalue weighted by atomic mass is 10.0. The lowest BCUT2D eigenvalue weighted by molar-refractivity contribution is -0.124. The molecule has 0 bridgehead atoms. The fraction of sp³-hybridized carbons (Fsp3) is 0.500. The summed E-state index contributed by atoms with van der Waals surface area (Å²) in [7, 11) is 0. The van der Waals surface area contributed by atoms with Crippen LogP contribution in [-0.4, -0.2) is 34.6 Å². The zero-order chi connectivity index (χ0) is 15.5. The van der Waals surface area contributed by atoms with Crippen LogP contribution in [0.1, 0.15) is 32.4 Å². The molecule has 3 N–H and O–H groups in total. The topological polar surface area (TPSA) is 66.6 Å². The van der Waals surface area contributed by atoms with E-state index < -0.39 is 23.4 Å². The van der Waals surface area contributed by atoms with Gasteiger partial charge in [-0.2, -0.15) is 0 Å². The summed E-state index contributed by atoms with van der Waals surface area (Å²) in [5.74, 6) is -1.14. The van der Waals surface area contributed by atoms with Crippen molar-refractivity contribution in [3.05, 3.63) is 34.1 Å². The second-order valence-corrected chi connectivity index (χ2v) is 6.26. The maximum absolute atomic E-state index is 14.1. The number of likely N-dealkylation sites (N-methyl/N-ethyl adjacent to an activating group) is 1. The van der Waals surface area contributed by atoms with Crippen LogP contribution in [0.4, 0.5) is 4.39 Å². The number of benzene rings is 1. The Morgan fingerprint density at radius 1 is 1.55 bits per heavy atom. The molecule has 0 saturated heterocycles. The Bertz CT molecular complexity index is 489. The van der Waals surface area contributed by atoms with Crippen LogP contribution >= 0.6 is 15.9 Å². The molecule has 1 rings (SSSR count). The Kier molecular flexibility index (Phi) is 5.68. The number of rotatable bonds is 6. The third-order valence-corrected chi connectivity index (χ3v) is 3.38. The van der Waals surface area contributed by atoms with E-state index in [1.807, 2.05) is 6.92 Å². The maximum Gasteiger partial charge on any atom is 0.239 e. The van der Waals surface area contributed by atoms with Gasteiger partial charge in [-0.1, -0.05) is 28.9 Å². The van der Waals surface area contributed by atoms with Gasteiger partial charge in [0.2, 0.25) is 5.91 Å². The maximum atomic E-state index is 14.1. The van der Waals surface area contributed by atoms with Crippen molar-refractivity contribution in [3.63, 3.8) is 0 Å². The summed E-state index contributed by atoms with van der Waals surface area (Å²) in [5.41, 5.74) is 4.64. The van der Waals surface area contributed by atoms with Gasteiger partial charge >= 0.3 is 0 Å². The molecular formula is C14H20BrFN2O2. The molecule has 1 atom stereocenters. The predicted octanol–water partition coefficient (Wildman–Crippen LogP) is 2.21. The van der Waals surface area contributed by atoms with Crippen molar-refractivity contribution in [2.24, 2.45) is 5.73 Å². The first kappa shape index (κ1) is 17.1. The largest absolute Gasteiger partial charge is 0.389 e. The fourth-order valence-corrected chi connectivity index (χ4v) is 2.47. The Morgan fingerprint density at radius 2 is 2.15 bits per heavy atom. The quantitative estimate of drug-likeness (QED) is 0.829. The molecule has 0 spiro atoms. The lowest BCUT2D eigenvalue weighted by Crippen LogP contribution is -2.45. The molecule has 0 aliphatic rings. The number of carbonyl (C=O) groups is 1. The van der Waals surface area contributed by atoms with Gasteiger partial charge in [0.1, 0.15) is 11.9 Å². The van der Waals surface area contributed by atoms with Crippen LogP contribution in [0, 0.1) is 5.82 Å². The number of carbonyl (C=O) groups excluding carboxylic acids is 1. The summed E-state index contributed by atoms with van der Waals surface area (Å²) in [4.78, 5) is 13.4. The number of hydrogen-bond donors (Lipinski definition) is 2. The normalized spacial score (nSPS) is 13.6. The fourth-order valence-electron chi connectivity index (χ4n) is 2.14. The van der Waals surface area contributed by atoms with Gasteiger partial charge in [0.15, 0.2) is 0 Å². The number of amides is 1. The zero-order valence-corrected chi connectivity index (χ0v) is 13.4. The molecule has 0 aromatic heterocycles. The Morgan fingerprint density at radius 3 is 2.55 bits per heavy atom. The van der Waals surface area contributed by atoms with Gasteiger partial charge in [0.05, 0.1) is 5.60 Å². The van der Waals surface area contributed by atoms with Gasteiger partial charge in [0.25, 0.3) is 0 Å². The van der Waals surface area contributed by atoms with Crippen LogP contribution in [0.25, 0.3) is 0 Å². The standard InChI is InChI=1S/C14H20BrFN2O2/c1-4-18(8-14(2,3)20)12(13(17)19)10-6-5-9(15)7-11(10)16/h5-7,12,20H,4,8H2,1-3H3,(H2,17,19). The van der Waals surface area contributed by atoms with E-state index in [0.717, 1.165) is 0 Å². The second kappa shape index (κ2) is 6.65. The monoisotopic (exact) mass is 346 g/mol. The summed E-state index contributed by atoms with van der Waals surface area (Å²) in [5, 5.41) is 9.92. The highest BCUT2D eigenvalue weighted by Crippen LogP contribution is 2.26. The van der Waals surface area contributed by atoms with E-state index in [-0.39, 0.29) is 12.1 Å². The highest BCUT2D eigenvalue weighted by Gasteiger charge is 2.30. The zero-order valence-electron chi connectivity index (χ0n) is 11.9. The SMILES string of the molecule is CCN(CC(C)(C)O)C(C(N)=O)c1ccc(Br)cc1F. The van der Waals surface area contributed by atoms with Crippen LogP contribution in [-0.2, 0) is 4.79 Å². The van der Waals surface area contributed by atoms with E-state index in [0.29, 0.717) is 11.0 Å². The molecule has 4 nitrogen and oxygen atoms in total. The number of halogens is 2. The van der Waals surface area contributed by atoms with Crippen molar-refractivity contribution >= 4 is 21.8 Å². The second-order valence-electron chi connectivity index (χ2n) is 5.35. The van der Waals surface area contributed by atoms with Crippen LogP contribution in [0.5, 0.6) is 0 Å². The molecule has 0 fully saturated rings. The Balaban J connectivity index is 3.18. The summed E-state index contributed by atoms with van der Waals surface area (Å²) < 4.78 is 14.7. The molecule has 0 aliphatic heterocycles. The number of nitrogens with two attached hydrogens (primary N) is 1. The molecule has 1 amide bonds. The van der Waals surface area contributed by atoms with E-state index in [4.69, 9.17) is 5.73 Å². The molecule has 0 aliphatic carbocycles. The van der Waals surface area contributed by atoms with Crippen molar-refractivity contribution in [1.29, 1.82) is 0 Å². The average Bonchev–Trinajstić information content (AvgIpc) is 2.28. The average molecular weight is 347 g/mol. The lowest BCUT2D eigenvalue weighted by Gasteiger charge is -2.33. The van der Waals surface area contributed by atoms with Crippen molar-refractivity contribution in [3.8, 4) is 0 Å². The minimum atomic E-state index is -1.00. The van der Waals surface area contributed by atoms with Gasteiger partial charge in [-0.25, -0.2) is 4.39 Å². The van der Waals surface area contributed by atoms with E-state index in [1.165, 1.54) is 12.1 Å². The number of nitrogens with zero attached hydrogens (tertiary/aromatic N) is 1. The first-order chi connectivity index (χ1) is 9.15. The Labute approximate surface area is 126 Å². The van der Waals surface area contributed by atoms with Gasteiger partial charge in [-0.15, -0.1) is 0 Å². The molecule has 20 heavy (non-hydrogen) atoms. The van der Waals surface area contributed by atoms with E-state index >= 15 is 0 Å². The molecular weight excluding hydrogens is 327 g/mol. The summed E-state index contributed by atoms with van der Waals surface area (Å²) in [6.45, 7) is 5.77. The predicted molar refractivity (Wildman–Crippen MR) is 79.6 cm³/mol. The first-order valence-electron chi connectivity index (χ1n) is 6.36. The van der Waals surface area contributed by atoms with Gasteiger partial charge in [-0.05, 0) is 32.5 Å². The van der Waals surface area contributed by atoms with Crippen molar-refractivity contribution in [2.75, 3.05) is 13.1 Å². The van der Waals surface area contributed by atoms with Crippen LogP contribution in [0.3, 0.4) is 0 Å². The van der Waals surface area contributed by atoms with E-state index in [2.05, 4.69) is 15.9 Å². The highest BCUT2D eigenvalue weighted by atomic mass is 79.9. The number of primary amides is 1. The number of aliphatic hydroxyl groups is 1. The van der Waals surface area contributed by atoms with E-state index in [1.54, 1.807) is 24.8 Å². The molecule has 1 aromatic rings. The van der Waals surface area contributed by atoms with Gasteiger partial charge < -0.3 is 10.8 Å². The van der Waals surface area contributed by atoms with Crippen LogP contribution < -0.4 is 5.73 Å². The van der Waals surface area contributed by atoms with Crippen LogP contribution in [0.15, 0.2) is 22.7 Å². The van der Waals surface area contributed by atoms with Crippen molar-refractivity contribution < 1.29 is 14.3 Å². The van der Waals surface area contributed by atoms with Gasteiger partial charge in [-0.3, -0.25) is 9.69 Å². The molecule has 1 aromatic carbocycles. The minimum Gasteiger partial charge on any atom is -0.389 e. The molecule has 0 saturated carbocycles. The third-order valence-electron chi connectivity index (χ3n) is 2.89. The number of hydrogen-bond acceptors (Lipinski definition) is 3. The minimum absolute atomic E-state index is 0.215. The van der Waals surface area contributed by atoms with Crippen molar-refractivity contribution in [2.45, 2.75) is 32.4 Å². The highest BCUT2D eigenvalue weighted by molar-refractivity contribution is 9.10. The molecule has 0 heterocycles. The Hall–Kier alpha value is -0.980. The third kappa shape index (κ3) is 4.54. The van der Waals surface area contributed by atoms with Gasteiger partial charge in [0, 0.05) is 16.6 Å². The molecule has 6 heteroatoms. The summed E-state index contributed by atoms with van der Waals surface area (Å²) in [6.07, 6.45) is 0. The summed E-state index contributed by atoms with van der Waals surface area (Å²) >= 11 is 3.18. The van der Waals surface area contributed by atoms with Crippen LogP contribution in [0.2, 0.25) is 0 Å². The molecule has 112 valence electrons. The molecule has 1 unspecified atom stereocenters. The van der Waals surface area contributed by atoms with E-state index in [9.17, 15) is 14.3 Å². The van der Waals surface area contributed by atoms with Crippen molar-refractivity contribution in [1.82, 2.24) is 4.90 Å². The summed E-state index contributed by atoms with van der Waals surface area (Å²) in [6, 6.07) is 3.58.